The average Bonchev–Trinajstić information content (AvgIpc) is 2.37. The molecular formula is C13H19N3O4. The van der Waals surface area contributed by atoms with Crippen molar-refractivity contribution in [2.45, 2.75) is 32.9 Å². The summed E-state index contributed by atoms with van der Waals surface area (Å²) in [6.07, 6.45) is 1.58. The molecule has 0 aliphatic heterocycles. The smallest absolute Gasteiger partial charge is 0.315 e. The average molecular weight is 281 g/mol. The van der Waals surface area contributed by atoms with Crippen LogP contribution in [-0.2, 0) is 11.3 Å². The quantitative estimate of drug-likeness (QED) is 0.696. The molecule has 0 unspecified atom stereocenters. The van der Waals surface area contributed by atoms with Gasteiger partial charge < -0.3 is 20.5 Å². The number of nitrogens with one attached hydrogen (secondary N) is 2. The van der Waals surface area contributed by atoms with Crippen LogP contribution in [0.25, 0.3) is 0 Å². The summed E-state index contributed by atoms with van der Waals surface area (Å²) in [6.45, 7) is 4.24. The van der Waals surface area contributed by atoms with Crippen LogP contribution in [0.15, 0.2) is 18.3 Å². The molecule has 0 spiro atoms. The molecule has 1 aromatic rings. The van der Waals surface area contributed by atoms with Crippen molar-refractivity contribution in [3.63, 3.8) is 0 Å². The molecule has 3 N–H and O–H groups in total. The van der Waals surface area contributed by atoms with E-state index >= 15 is 0 Å². The molecule has 0 atom stereocenters. The summed E-state index contributed by atoms with van der Waals surface area (Å²) in [7, 11) is 0. The number of carboxylic acid groups (broad SMARTS) is 1. The third-order valence-electron chi connectivity index (χ3n) is 2.23. The Labute approximate surface area is 117 Å². The summed E-state index contributed by atoms with van der Waals surface area (Å²) in [4.78, 5) is 25.7. The number of rotatable bonds is 7. The van der Waals surface area contributed by atoms with Gasteiger partial charge in [0, 0.05) is 25.4 Å². The summed E-state index contributed by atoms with van der Waals surface area (Å²) in [5.74, 6) is -0.412. The second-order valence-corrected chi connectivity index (χ2v) is 4.42. The molecule has 0 aromatic carbocycles. The number of amides is 2. The van der Waals surface area contributed by atoms with Crippen LogP contribution in [0.5, 0.6) is 5.88 Å². The topological polar surface area (TPSA) is 101 Å². The molecule has 0 saturated carbocycles. The van der Waals surface area contributed by atoms with Gasteiger partial charge in [-0.05, 0) is 19.4 Å². The number of carbonyl (C=O) groups is 2. The first-order valence-electron chi connectivity index (χ1n) is 6.32. The lowest BCUT2D eigenvalue weighted by molar-refractivity contribution is -0.136. The Hall–Kier alpha value is -2.31. The van der Waals surface area contributed by atoms with Crippen molar-refractivity contribution in [3.8, 4) is 5.88 Å². The molecule has 1 rings (SSSR count). The van der Waals surface area contributed by atoms with E-state index in [0.717, 1.165) is 5.56 Å². The van der Waals surface area contributed by atoms with E-state index in [0.29, 0.717) is 12.4 Å². The van der Waals surface area contributed by atoms with Crippen molar-refractivity contribution in [2.75, 3.05) is 6.54 Å². The molecule has 0 fully saturated rings. The minimum atomic E-state index is -0.949. The zero-order chi connectivity index (χ0) is 15.0. The fourth-order valence-electron chi connectivity index (χ4n) is 1.35. The highest BCUT2D eigenvalue weighted by molar-refractivity contribution is 5.74. The second kappa shape index (κ2) is 7.98. The van der Waals surface area contributed by atoms with E-state index in [2.05, 4.69) is 15.6 Å². The molecular weight excluding hydrogens is 262 g/mol. The third-order valence-corrected chi connectivity index (χ3v) is 2.23. The molecule has 2 amide bonds. The highest BCUT2D eigenvalue weighted by Gasteiger charge is 2.03. The van der Waals surface area contributed by atoms with Crippen LogP contribution >= 0.6 is 0 Å². The van der Waals surface area contributed by atoms with Crippen molar-refractivity contribution in [1.29, 1.82) is 0 Å². The van der Waals surface area contributed by atoms with Crippen LogP contribution in [0.1, 0.15) is 25.8 Å². The lowest BCUT2D eigenvalue weighted by atomic mass is 10.3. The second-order valence-electron chi connectivity index (χ2n) is 4.42. The Morgan fingerprint density at radius 2 is 2.10 bits per heavy atom. The number of nitrogens with zero attached hydrogens (tertiary/aromatic N) is 1. The predicted octanol–water partition coefficient (Wildman–Crippen LogP) is 1.14. The predicted molar refractivity (Wildman–Crippen MR) is 72.5 cm³/mol. The molecule has 110 valence electrons. The van der Waals surface area contributed by atoms with E-state index in [1.54, 1.807) is 12.3 Å². The van der Waals surface area contributed by atoms with Gasteiger partial charge in [0.2, 0.25) is 5.88 Å². The van der Waals surface area contributed by atoms with Crippen LogP contribution in [-0.4, -0.2) is 34.7 Å². The summed E-state index contributed by atoms with van der Waals surface area (Å²) < 4.78 is 5.40. The molecule has 0 radical (unpaired) electrons. The number of carboxylic acids is 1. The van der Waals surface area contributed by atoms with Gasteiger partial charge in [-0.25, -0.2) is 9.78 Å². The van der Waals surface area contributed by atoms with E-state index in [9.17, 15) is 9.59 Å². The van der Waals surface area contributed by atoms with Gasteiger partial charge in [0.1, 0.15) is 0 Å². The molecule has 1 heterocycles. The molecule has 7 heteroatoms. The van der Waals surface area contributed by atoms with Crippen LogP contribution in [0.3, 0.4) is 0 Å². The van der Waals surface area contributed by atoms with Crippen LogP contribution in [0, 0.1) is 0 Å². The van der Waals surface area contributed by atoms with Gasteiger partial charge in [0.25, 0.3) is 0 Å². The molecule has 1 aromatic heterocycles. The first-order valence-corrected chi connectivity index (χ1v) is 6.32. The van der Waals surface area contributed by atoms with Crippen molar-refractivity contribution >= 4 is 12.0 Å². The number of urea groups is 1. The van der Waals surface area contributed by atoms with Crippen molar-refractivity contribution in [3.05, 3.63) is 23.9 Å². The number of ether oxygens (including phenoxy) is 1. The van der Waals surface area contributed by atoms with Gasteiger partial charge in [-0.15, -0.1) is 0 Å². The van der Waals surface area contributed by atoms with Crippen LogP contribution in [0.2, 0.25) is 0 Å². The number of carbonyl (C=O) groups excluding carboxylic acids is 1. The summed E-state index contributed by atoms with van der Waals surface area (Å²) >= 11 is 0. The molecule has 0 aliphatic carbocycles. The SMILES string of the molecule is CC(C)Oc1ccc(CNC(=O)NCCC(=O)O)cn1. The first-order chi connectivity index (χ1) is 9.47. The number of hydrogen-bond acceptors (Lipinski definition) is 4. The summed E-state index contributed by atoms with van der Waals surface area (Å²) in [5, 5.41) is 13.5. The van der Waals surface area contributed by atoms with E-state index in [1.165, 1.54) is 0 Å². The van der Waals surface area contributed by atoms with Crippen molar-refractivity contribution in [2.24, 2.45) is 0 Å². The standard InChI is InChI=1S/C13H19N3O4/c1-9(2)20-11-4-3-10(7-15-11)8-16-13(19)14-6-5-12(17)18/h3-4,7,9H,5-6,8H2,1-2H3,(H,17,18)(H2,14,16,19). The molecule has 0 saturated heterocycles. The van der Waals surface area contributed by atoms with Gasteiger partial charge in [0.15, 0.2) is 0 Å². The number of hydrogen-bond donors (Lipinski definition) is 3. The van der Waals surface area contributed by atoms with Crippen molar-refractivity contribution < 1.29 is 19.4 Å². The Morgan fingerprint density at radius 1 is 1.35 bits per heavy atom. The van der Waals surface area contributed by atoms with Gasteiger partial charge >= 0.3 is 12.0 Å². The van der Waals surface area contributed by atoms with E-state index in [-0.39, 0.29) is 19.1 Å². The minimum Gasteiger partial charge on any atom is -0.481 e. The van der Waals surface area contributed by atoms with E-state index in [1.807, 2.05) is 19.9 Å². The van der Waals surface area contributed by atoms with Gasteiger partial charge in [-0.2, -0.15) is 0 Å². The van der Waals surface area contributed by atoms with Crippen LogP contribution < -0.4 is 15.4 Å². The van der Waals surface area contributed by atoms with Gasteiger partial charge in [0.05, 0.1) is 12.5 Å². The Morgan fingerprint density at radius 3 is 2.65 bits per heavy atom. The van der Waals surface area contributed by atoms with Gasteiger partial charge in [-0.1, -0.05) is 6.07 Å². The lowest BCUT2D eigenvalue weighted by Gasteiger charge is -2.09. The highest BCUT2D eigenvalue weighted by atomic mass is 16.5. The Kier molecular flexibility index (Phi) is 6.28. The monoisotopic (exact) mass is 281 g/mol. The van der Waals surface area contributed by atoms with E-state index in [4.69, 9.17) is 9.84 Å². The molecule has 0 bridgehead atoms. The Balaban J connectivity index is 2.30. The molecule has 0 aliphatic rings. The number of aliphatic carboxylic acids is 1. The Bertz CT molecular complexity index is 445. The zero-order valence-electron chi connectivity index (χ0n) is 11.5. The largest absolute Gasteiger partial charge is 0.481 e. The fourth-order valence-corrected chi connectivity index (χ4v) is 1.35. The van der Waals surface area contributed by atoms with E-state index < -0.39 is 12.0 Å². The maximum absolute atomic E-state index is 11.4. The molecule has 20 heavy (non-hydrogen) atoms. The third kappa shape index (κ3) is 6.58. The lowest BCUT2D eigenvalue weighted by Crippen LogP contribution is -2.36. The maximum atomic E-state index is 11.4. The summed E-state index contributed by atoms with van der Waals surface area (Å²) in [6, 6.07) is 3.13. The minimum absolute atomic E-state index is 0.0616. The van der Waals surface area contributed by atoms with Gasteiger partial charge in [-0.3, -0.25) is 4.79 Å². The maximum Gasteiger partial charge on any atom is 0.315 e. The number of pyridine rings is 1. The van der Waals surface area contributed by atoms with Crippen LogP contribution in [0.4, 0.5) is 4.79 Å². The number of aromatic nitrogens is 1. The highest BCUT2D eigenvalue weighted by Crippen LogP contribution is 2.09. The summed E-state index contributed by atoms with van der Waals surface area (Å²) in [5.41, 5.74) is 0.828. The first kappa shape index (κ1) is 15.7. The zero-order valence-corrected chi connectivity index (χ0v) is 11.5. The normalized spacial score (nSPS) is 10.2. The fraction of sp³-hybridized carbons (Fsp3) is 0.462. The van der Waals surface area contributed by atoms with Crippen molar-refractivity contribution in [1.82, 2.24) is 15.6 Å². The molecule has 7 nitrogen and oxygen atoms in total.